The van der Waals surface area contributed by atoms with E-state index in [-0.39, 0.29) is 10.6 Å². The molecule has 1 heterocycles. The molecule has 0 aliphatic carbocycles. The van der Waals surface area contributed by atoms with Gasteiger partial charge in [-0.05, 0) is 18.0 Å². The van der Waals surface area contributed by atoms with Crippen molar-refractivity contribution in [1.82, 2.24) is 3.96 Å². The van der Waals surface area contributed by atoms with Crippen LogP contribution < -0.4 is 5.56 Å². The Morgan fingerprint density at radius 1 is 0.947 bits per heavy atom. The molecule has 110 valence electrons. The van der Waals surface area contributed by atoms with Gasteiger partial charge in [-0.25, -0.2) is 0 Å². The van der Waals surface area contributed by atoms with Gasteiger partial charge in [0.25, 0.3) is 5.56 Å². The molecule has 0 unspecified atom stereocenters. The zero-order chi connectivity index (χ0) is 14.1. The molecule has 0 aromatic carbocycles. The molecule has 0 spiro atoms. The van der Waals surface area contributed by atoms with E-state index in [2.05, 4.69) is 6.92 Å². The summed E-state index contributed by atoms with van der Waals surface area (Å²) in [6.07, 6.45) is 11.5. The van der Waals surface area contributed by atoms with Crippen molar-refractivity contribution in [2.45, 2.75) is 71.3 Å². The number of halogens is 2. The van der Waals surface area contributed by atoms with E-state index in [4.69, 9.17) is 23.2 Å². The SMILES string of the molecule is CCCCCCCCCCCn1sc(Cl)c(Cl)c1=O. The maximum atomic E-state index is 11.6. The van der Waals surface area contributed by atoms with Crippen molar-refractivity contribution in [3.05, 3.63) is 19.7 Å². The Kier molecular flexibility index (Phi) is 8.84. The maximum absolute atomic E-state index is 11.6. The Morgan fingerprint density at radius 2 is 1.47 bits per heavy atom. The molecule has 0 aliphatic heterocycles. The van der Waals surface area contributed by atoms with Crippen LogP contribution in [0.25, 0.3) is 0 Å². The van der Waals surface area contributed by atoms with Crippen molar-refractivity contribution in [3.8, 4) is 0 Å². The van der Waals surface area contributed by atoms with Crippen LogP contribution in [0.2, 0.25) is 9.36 Å². The number of hydrogen-bond acceptors (Lipinski definition) is 2. The highest BCUT2D eigenvalue weighted by Gasteiger charge is 2.10. The molecule has 2 nitrogen and oxygen atoms in total. The maximum Gasteiger partial charge on any atom is 0.280 e. The first kappa shape index (κ1) is 17.1. The van der Waals surface area contributed by atoms with Gasteiger partial charge in [0.2, 0.25) is 0 Å². The van der Waals surface area contributed by atoms with Crippen LogP contribution in [0.4, 0.5) is 0 Å². The van der Waals surface area contributed by atoms with Crippen molar-refractivity contribution in [2.75, 3.05) is 0 Å². The number of aromatic nitrogens is 1. The summed E-state index contributed by atoms with van der Waals surface area (Å²) in [6, 6.07) is 0. The Balaban J connectivity index is 2.05. The van der Waals surface area contributed by atoms with E-state index in [1.165, 1.54) is 62.9 Å². The molecule has 0 atom stereocenters. The van der Waals surface area contributed by atoms with Crippen LogP contribution in [0.1, 0.15) is 64.7 Å². The number of unbranched alkanes of at least 4 members (excludes halogenated alkanes) is 8. The Bertz CT molecular complexity index is 414. The lowest BCUT2D eigenvalue weighted by Crippen LogP contribution is -2.13. The van der Waals surface area contributed by atoms with Gasteiger partial charge in [-0.2, -0.15) is 0 Å². The lowest BCUT2D eigenvalue weighted by molar-refractivity contribution is 0.545. The molecule has 0 bridgehead atoms. The fourth-order valence-corrected chi connectivity index (χ4v) is 3.43. The molecule has 0 N–H and O–H groups in total. The van der Waals surface area contributed by atoms with Crippen LogP contribution in [0.3, 0.4) is 0 Å². The molecule has 0 aliphatic rings. The molecule has 0 radical (unpaired) electrons. The van der Waals surface area contributed by atoms with E-state index in [1.807, 2.05) is 0 Å². The van der Waals surface area contributed by atoms with Gasteiger partial charge in [-0.15, -0.1) is 0 Å². The molecule has 0 saturated heterocycles. The molecule has 1 aromatic heterocycles. The molecule has 1 rings (SSSR count). The summed E-state index contributed by atoms with van der Waals surface area (Å²) in [7, 11) is 0. The van der Waals surface area contributed by atoms with Crippen molar-refractivity contribution < 1.29 is 0 Å². The smallest absolute Gasteiger partial charge is 0.267 e. The summed E-state index contributed by atoms with van der Waals surface area (Å²) in [4.78, 5) is 11.6. The standard InChI is InChI=1S/C14H23Cl2NOS/c1-2-3-4-5-6-7-8-9-10-11-17-14(18)12(15)13(16)19-17/h2-11H2,1H3. The molecule has 1 aromatic rings. The Hall–Kier alpha value is 0.01000. The molecule has 0 fully saturated rings. The minimum atomic E-state index is -0.142. The van der Waals surface area contributed by atoms with Gasteiger partial charge in [0.1, 0.15) is 9.36 Å². The second-order valence-electron chi connectivity index (χ2n) is 4.91. The zero-order valence-corrected chi connectivity index (χ0v) is 13.9. The molecule has 0 amide bonds. The topological polar surface area (TPSA) is 22.0 Å². The summed E-state index contributed by atoms with van der Waals surface area (Å²) in [6.45, 7) is 2.98. The van der Waals surface area contributed by atoms with Gasteiger partial charge in [0, 0.05) is 6.54 Å². The van der Waals surface area contributed by atoms with Crippen molar-refractivity contribution >= 4 is 34.7 Å². The van der Waals surface area contributed by atoms with Crippen LogP contribution in [-0.2, 0) is 6.54 Å². The van der Waals surface area contributed by atoms with Crippen molar-refractivity contribution in [2.24, 2.45) is 0 Å². The van der Waals surface area contributed by atoms with E-state index >= 15 is 0 Å². The number of aryl methyl sites for hydroxylation is 1. The Labute approximate surface area is 129 Å². The average Bonchev–Trinajstić information content (AvgIpc) is 2.64. The van der Waals surface area contributed by atoms with Crippen LogP contribution >= 0.6 is 34.7 Å². The minimum Gasteiger partial charge on any atom is -0.267 e. The highest BCUT2D eigenvalue weighted by atomic mass is 35.5. The van der Waals surface area contributed by atoms with E-state index in [0.29, 0.717) is 4.34 Å². The first-order chi connectivity index (χ1) is 9.16. The molecule has 19 heavy (non-hydrogen) atoms. The lowest BCUT2D eigenvalue weighted by Gasteiger charge is -2.02. The van der Waals surface area contributed by atoms with Gasteiger partial charge in [-0.1, -0.05) is 81.5 Å². The average molecular weight is 324 g/mol. The van der Waals surface area contributed by atoms with Gasteiger partial charge in [0.05, 0.1) is 0 Å². The summed E-state index contributed by atoms with van der Waals surface area (Å²) in [5, 5.41) is 0.169. The second kappa shape index (κ2) is 9.84. The predicted octanol–water partition coefficient (Wildman–Crippen LogP) is 5.75. The van der Waals surface area contributed by atoms with Crippen molar-refractivity contribution in [1.29, 1.82) is 0 Å². The third-order valence-electron chi connectivity index (χ3n) is 3.24. The fraction of sp³-hybridized carbons (Fsp3) is 0.786. The molecule has 5 heteroatoms. The van der Waals surface area contributed by atoms with E-state index in [0.717, 1.165) is 13.0 Å². The van der Waals surface area contributed by atoms with Gasteiger partial charge in [-0.3, -0.25) is 8.75 Å². The quantitative estimate of drug-likeness (QED) is 0.502. The summed E-state index contributed by atoms with van der Waals surface area (Å²) >= 11 is 12.8. The van der Waals surface area contributed by atoms with E-state index in [9.17, 15) is 4.79 Å². The molecule has 0 saturated carbocycles. The summed E-state index contributed by atoms with van der Waals surface area (Å²) < 4.78 is 2.06. The lowest BCUT2D eigenvalue weighted by atomic mass is 10.1. The monoisotopic (exact) mass is 323 g/mol. The third kappa shape index (κ3) is 6.33. The highest BCUT2D eigenvalue weighted by Crippen LogP contribution is 2.23. The highest BCUT2D eigenvalue weighted by molar-refractivity contribution is 7.11. The van der Waals surface area contributed by atoms with Gasteiger partial charge in [0.15, 0.2) is 0 Å². The summed E-state index contributed by atoms with van der Waals surface area (Å²) in [5.41, 5.74) is -0.142. The largest absolute Gasteiger partial charge is 0.280 e. The van der Waals surface area contributed by atoms with E-state index < -0.39 is 0 Å². The predicted molar refractivity (Wildman–Crippen MR) is 85.8 cm³/mol. The zero-order valence-electron chi connectivity index (χ0n) is 11.6. The Morgan fingerprint density at radius 3 is 1.95 bits per heavy atom. The normalized spacial score (nSPS) is 11.1. The van der Waals surface area contributed by atoms with Crippen LogP contribution in [0.5, 0.6) is 0 Å². The molecular formula is C14H23Cl2NOS. The fourth-order valence-electron chi connectivity index (χ4n) is 2.09. The second-order valence-corrected chi connectivity index (χ2v) is 6.93. The summed E-state index contributed by atoms with van der Waals surface area (Å²) in [5.74, 6) is 0. The van der Waals surface area contributed by atoms with Crippen LogP contribution in [0, 0.1) is 0 Å². The third-order valence-corrected chi connectivity index (χ3v) is 5.13. The van der Waals surface area contributed by atoms with E-state index in [1.54, 1.807) is 3.96 Å². The number of hydrogen-bond donors (Lipinski definition) is 0. The first-order valence-corrected chi connectivity index (χ1v) is 8.75. The van der Waals surface area contributed by atoms with Crippen LogP contribution in [0.15, 0.2) is 4.79 Å². The molecular weight excluding hydrogens is 301 g/mol. The first-order valence-electron chi connectivity index (χ1n) is 7.22. The minimum absolute atomic E-state index is 0.142. The van der Waals surface area contributed by atoms with Crippen molar-refractivity contribution in [3.63, 3.8) is 0 Å². The van der Waals surface area contributed by atoms with Crippen LogP contribution in [-0.4, -0.2) is 3.96 Å². The van der Waals surface area contributed by atoms with Gasteiger partial charge >= 0.3 is 0 Å². The number of rotatable bonds is 10. The number of nitrogens with zero attached hydrogens (tertiary/aromatic N) is 1. The van der Waals surface area contributed by atoms with Gasteiger partial charge < -0.3 is 0 Å².